The Hall–Kier alpha value is -1.46. The first-order valence-electron chi connectivity index (χ1n) is 6.96. The van der Waals surface area contributed by atoms with E-state index in [0.29, 0.717) is 0 Å². The molecule has 1 heterocycles. The fraction of sp³-hybridized carbons (Fsp3) is 0.600. The van der Waals surface area contributed by atoms with Gasteiger partial charge in [-0.1, -0.05) is 0 Å². The van der Waals surface area contributed by atoms with Gasteiger partial charge in [-0.05, 0) is 6.92 Å². The second-order valence-electron chi connectivity index (χ2n) is 4.91. The van der Waals surface area contributed by atoms with E-state index >= 15 is 0 Å². The lowest BCUT2D eigenvalue weighted by Crippen LogP contribution is -2.44. The summed E-state index contributed by atoms with van der Waals surface area (Å²) in [4.78, 5) is 2.43. The standard InChI is InChI=1S/C15H24N2O3/c1-11(17-7-5-16-6-8-17)15-13(19-3)9-12(18-2)10-14(15)20-4/h9-11,16H,5-8H2,1-4H3/t11-/m0/s1. The maximum absolute atomic E-state index is 5.54. The van der Waals surface area contributed by atoms with Crippen molar-refractivity contribution in [3.8, 4) is 17.2 Å². The summed E-state index contributed by atoms with van der Waals surface area (Å²) in [5.41, 5.74) is 1.08. The summed E-state index contributed by atoms with van der Waals surface area (Å²) in [6.45, 7) is 6.29. The molecule has 0 amide bonds. The maximum atomic E-state index is 5.54. The number of benzene rings is 1. The van der Waals surface area contributed by atoms with Crippen LogP contribution in [0.2, 0.25) is 0 Å². The minimum Gasteiger partial charge on any atom is -0.496 e. The van der Waals surface area contributed by atoms with E-state index in [-0.39, 0.29) is 6.04 Å². The van der Waals surface area contributed by atoms with E-state index in [1.807, 2.05) is 12.1 Å². The van der Waals surface area contributed by atoms with Crippen LogP contribution >= 0.6 is 0 Å². The second kappa shape index (κ2) is 6.81. The van der Waals surface area contributed by atoms with Gasteiger partial charge in [0.1, 0.15) is 17.2 Å². The number of ether oxygens (including phenoxy) is 3. The van der Waals surface area contributed by atoms with Crippen LogP contribution in [0, 0.1) is 0 Å². The molecule has 20 heavy (non-hydrogen) atoms. The zero-order chi connectivity index (χ0) is 14.5. The minimum absolute atomic E-state index is 0.243. The van der Waals surface area contributed by atoms with E-state index < -0.39 is 0 Å². The van der Waals surface area contributed by atoms with Crippen LogP contribution in [0.5, 0.6) is 17.2 Å². The van der Waals surface area contributed by atoms with Gasteiger partial charge >= 0.3 is 0 Å². The molecule has 1 aromatic rings. The third-order valence-electron chi connectivity index (χ3n) is 3.87. The van der Waals surface area contributed by atoms with Crippen LogP contribution in [0.1, 0.15) is 18.5 Å². The highest BCUT2D eigenvalue weighted by Gasteiger charge is 2.25. The molecule has 1 aromatic carbocycles. The van der Waals surface area contributed by atoms with Crippen LogP contribution in [0.25, 0.3) is 0 Å². The monoisotopic (exact) mass is 280 g/mol. The van der Waals surface area contributed by atoms with E-state index in [2.05, 4.69) is 17.1 Å². The largest absolute Gasteiger partial charge is 0.496 e. The van der Waals surface area contributed by atoms with Crippen LogP contribution in [-0.4, -0.2) is 52.4 Å². The predicted molar refractivity (Wildman–Crippen MR) is 79.0 cm³/mol. The normalized spacial score (nSPS) is 17.6. The van der Waals surface area contributed by atoms with Gasteiger partial charge in [-0.15, -0.1) is 0 Å². The Morgan fingerprint density at radius 2 is 1.55 bits per heavy atom. The molecule has 0 spiro atoms. The molecule has 1 aliphatic rings. The molecule has 1 aliphatic heterocycles. The Kier molecular flexibility index (Phi) is 5.09. The highest BCUT2D eigenvalue weighted by molar-refractivity contribution is 5.52. The van der Waals surface area contributed by atoms with E-state index in [1.165, 1.54) is 0 Å². The summed E-state index contributed by atoms with van der Waals surface area (Å²) in [6.07, 6.45) is 0. The highest BCUT2D eigenvalue weighted by atomic mass is 16.5. The molecule has 1 atom stereocenters. The van der Waals surface area contributed by atoms with Crippen molar-refractivity contribution in [2.24, 2.45) is 0 Å². The fourth-order valence-corrected chi connectivity index (χ4v) is 2.70. The number of piperazine rings is 1. The summed E-state index contributed by atoms with van der Waals surface area (Å²) in [7, 11) is 5.01. The Balaban J connectivity index is 2.36. The van der Waals surface area contributed by atoms with Crippen molar-refractivity contribution < 1.29 is 14.2 Å². The Morgan fingerprint density at radius 1 is 1.00 bits per heavy atom. The molecular weight excluding hydrogens is 256 g/mol. The van der Waals surface area contributed by atoms with Crippen molar-refractivity contribution in [1.82, 2.24) is 10.2 Å². The molecule has 112 valence electrons. The SMILES string of the molecule is COc1cc(OC)c([C@H](C)N2CCNCC2)c(OC)c1. The van der Waals surface area contributed by atoms with Crippen molar-refractivity contribution in [2.75, 3.05) is 47.5 Å². The van der Waals surface area contributed by atoms with E-state index in [1.54, 1.807) is 21.3 Å². The number of nitrogens with zero attached hydrogens (tertiary/aromatic N) is 1. The van der Waals surface area contributed by atoms with Crippen molar-refractivity contribution in [3.63, 3.8) is 0 Å². The van der Waals surface area contributed by atoms with Gasteiger partial charge in [-0.3, -0.25) is 4.90 Å². The van der Waals surface area contributed by atoms with Gasteiger partial charge in [0.2, 0.25) is 0 Å². The molecular formula is C15H24N2O3. The highest BCUT2D eigenvalue weighted by Crippen LogP contribution is 2.40. The number of methoxy groups -OCH3 is 3. The lowest BCUT2D eigenvalue weighted by molar-refractivity contribution is 0.179. The van der Waals surface area contributed by atoms with Crippen molar-refractivity contribution >= 4 is 0 Å². The number of hydrogen-bond donors (Lipinski definition) is 1. The number of nitrogens with one attached hydrogen (secondary N) is 1. The number of rotatable bonds is 5. The molecule has 1 saturated heterocycles. The quantitative estimate of drug-likeness (QED) is 0.889. The van der Waals surface area contributed by atoms with Crippen LogP contribution in [-0.2, 0) is 0 Å². The van der Waals surface area contributed by atoms with E-state index in [9.17, 15) is 0 Å². The molecule has 0 saturated carbocycles. The second-order valence-corrected chi connectivity index (χ2v) is 4.91. The molecule has 5 nitrogen and oxygen atoms in total. The predicted octanol–water partition coefficient (Wildman–Crippen LogP) is 1.68. The smallest absolute Gasteiger partial charge is 0.131 e. The number of hydrogen-bond acceptors (Lipinski definition) is 5. The first kappa shape index (κ1) is 14.9. The lowest BCUT2D eigenvalue weighted by Gasteiger charge is -2.34. The minimum atomic E-state index is 0.243. The Labute approximate surface area is 120 Å². The first-order chi connectivity index (χ1) is 9.71. The molecule has 2 rings (SSSR count). The topological polar surface area (TPSA) is 43.0 Å². The maximum Gasteiger partial charge on any atom is 0.131 e. The van der Waals surface area contributed by atoms with E-state index in [0.717, 1.165) is 49.0 Å². The Morgan fingerprint density at radius 3 is 2.00 bits per heavy atom. The Bertz CT molecular complexity index is 420. The van der Waals surface area contributed by atoms with Crippen molar-refractivity contribution in [3.05, 3.63) is 17.7 Å². The van der Waals surface area contributed by atoms with Gasteiger partial charge < -0.3 is 19.5 Å². The first-order valence-corrected chi connectivity index (χ1v) is 6.96. The molecule has 1 N–H and O–H groups in total. The summed E-state index contributed by atoms with van der Waals surface area (Å²) in [5.74, 6) is 2.37. The third kappa shape index (κ3) is 2.99. The summed E-state index contributed by atoms with van der Waals surface area (Å²) < 4.78 is 16.4. The average Bonchev–Trinajstić information content (AvgIpc) is 2.53. The van der Waals surface area contributed by atoms with Gasteiger partial charge in [0.25, 0.3) is 0 Å². The third-order valence-corrected chi connectivity index (χ3v) is 3.87. The van der Waals surface area contributed by atoms with Crippen LogP contribution in [0.15, 0.2) is 12.1 Å². The summed E-state index contributed by atoms with van der Waals surface area (Å²) >= 11 is 0. The van der Waals surface area contributed by atoms with Crippen LogP contribution in [0.3, 0.4) is 0 Å². The molecule has 1 fully saturated rings. The molecule has 0 aliphatic carbocycles. The molecule has 0 radical (unpaired) electrons. The van der Waals surface area contributed by atoms with Gasteiger partial charge in [0.05, 0.1) is 26.9 Å². The molecule has 0 bridgehead atoms. The molecule has 0 unspecified atom stereocenters. The zero-order valence-electron chi connectivity index (χ0n) is 12.7. The van der Waals surface area contributed by atoms with Gasteiger partial charge in [-0.2, -0.15) is 0 Å². The lowest BCUT2D eigenvalue weighted by atomic mass is 10.0. The van der Waals surface area contributed by atoms with Crippen LogP contribution in [0.4, 0.5) is 0 Å². The van der Waals surface area contributed by atoms with E-state index in [4.69, 9.17) is 14.2 Å². The summed E-state index contributed by atoms with van der Waals surface area (Å²) in [5, 5.41) is 3.37. The van der Waals surface area contributed by atoms with Crippen LogP contribution < -0.4 is 19.5 Å². The average molecular weight is 280 g/mol. The van der Waals surface area contributed by atoms with Gasteiger partial charge in [-0.25, -0.2) is 0 Å². The fourth-order valence-electron chi connectivity index (χ4n) is 2.70. The van der Waals surface area contributed by atoms with Crippen molar-refractivity contribution in [1.29, 1.82) is 0 Å². The summed E-state index contributed by atoms with van der Waals surface area (Å²) in [6, 6.07) is 4.07. The van der Waals surface area contributed by atoms with Crippen molar-refractivity contribution in [2.45, 2.75) is 13.0 Å². The molecule has 5 heteroatoms. The van der Waals surface area contributed by atoms with Gasteiger partial charge in [0.15, 0.2) is 0 Å². The zero-order valence-corrected chi connectivity index (χ0v) is 12.7. The van der Waals surface area contributed by atoms with Gasteiger partial charge in [0, 0.05) is 44.4 Å². The molecule has 0 aromatic heterocycles.